The lowest BCUT2D eigenvalue weighted by atomic mass is 9.99. The zero-order valence-corrected chi connectivity index (χ0v) is 44.7. The number of nitrogens with one attached hydrogen (secondary N) is 1. The molecule has 0 aromatic carbocycles. The molecule has 69 heavy (non-hydrogen) atoms. The number of amides is 1. The minimum Gasteiger partial charge on any atom is -0.454 e. The fourth-order valence-corrected chi connectivity index (χ4v) is 9.16. The Bertz CT molecular complexity index is 1220. The lowest BCUT2D eigenvalue weighted by Gasteiger charge is -2.41. The lowest BCUT2D eigenvalue weighted by Crippen LogP contribution is -2.61. The van der Waals surface area contributed by atoms with E-state index in [0.717, 1.165) is 70.6 Å². The second kappa shape index (κ2) is 47.2. The largest absolute Gasteiger partial charge is 0.454 e. The van der Waals surface area contributed by atoms with E-state index >= 15 is 0 Å². The highest BCUT2D eigenvalue weighted by Crippen LogP contribution is 2.26. The summed E-state index contributed by atoms with van der Waals surface area (Å²) in [6.07, 6.45) is 42.3. The Morgan fingerprint density at radius 3 is 1.45 bits per heavy atom. The van der Waals surface area contributed by atoms with Gasteiger partial charge in [0.15, 0.2) is 12.4 Å². The van der Waals surface area contributed by atoms with Crippen molar-refractivity contribution < 1.29 is 49.3 Å². The van der Waals surface area contributed by atoms with Crippen LogP contribution in [0.2, 0.25) is 0 Å². The molecule has 1 amide bonds. The van der Waals surface area contributed by atoms with Crippen LogP contribution >= 0.6 is 0 Å². The van der Waals surface area contributed by atoms with Gasteiger partial charge in [-0.3, -0.25) is 9.59 Å². The molecule has 6 N–H and O–H groups in total. The number of unbranched alkanes of at least 4 members (excludes halogenated alkanes) is 33. The third-order valence-corrected chi connectivity index (χ3v) is 13.9. The first kappa shape index (κ1) is 65.2. The molecule has 0 aliphatic carbocycles. The Kier molecular flexibility index (Phi) is 44.5. The second-order valence-electron chi connectivity index (χ2n) is 20.4. The van der Waals surface area contributed by atoms with Crippen LogP contribution in [0.3, 0.4) is 0 Å². The normalized spacial score (nSPS) is 19.9. The predicted molar refractivity (Wildman–Crippen MR) is 283 cm³/mol. The summed E-state index contributed by atoms with van der Waals surface area (Å²) in [4.78, 5) is 26.4. The van der Waals surface area contributed by atoms with Crippen LogP contribution in [0.25, 0.3) is 0 Å². The molecule has 1 fully saturated rings. The van der Waals surface area contributed by atoms with Crippen LogP contribution in [-0.4, -0.2) is 99.6 Å². The number of allylic oxidation sites excluding steroid dienone is 3. The number of esters is 1. The lowest BCUT2D eigenvalue weighted by molar-refractivity contribution is -0.305. The Morgan fingerprint density at radius 2 is 0.971 bits per heavy atom. The van der Waals surface area contributed by atoms with Gasteiger partial charge in [-0.05, 0) is 44.9 Å². The molecule has 0 saturated carbocycles. The van der Waals surface area contributed by atoms with Crippen molar-refractivity contribution in [3.8, 4) is 0 Å². The topological polar surface area (TPSA) is 175 Å². The maximum absolute atomic E-state index is 13.3. The summed E-state index contributed by atoms with van der Waals surface area (Å²) in [5, 5.41) is 56.7. The van der Waals surface area contributed by atoms with Crippen LogP contribution in [-0.2, 0) is 23.8 Å². The van der Waals surface area contributed by atoms with E-state index in [1.54, 1.807) is 6.08 Å². The van der Waals surface area contributed by atoms with Gasteiger partial charge in [0.25, 0.3) is 0 Å². The average Bonchev–Trinajstić information content (AvgIpc) is 3.34. The molecule has 406 valence electrons. The number of ether oxygens (including phenoxy) is 3. The van der Waals surface area contributed by atoms with Crippen molar-refractivity contribution in [2.24, 2.45) is 0 Å². The third-order valence-electron chi connectivity index (χ3n) is 13.9. The minimum absolute atomic E-state index is 0.128. The Morgan fingerprint density at radius 1 is 0.551 bits per heavy atom. The van der Waals surface area contributed by atoms with Crippen molar-refractivity contribution in [1.29, 1.82) is 0 Å². The maximum Gasteiger partial charge on any atom is 0.306 e. The van der Waals surface area contributed by atoms with Crippen molar-refractivity contribution in [3.63, 3.8) is 0 Å². The van der Waals surface area contributed by atoms with E-state index in [4.69, 9.17) is 14.2 Å². The quantitative estimate of drug-likeness (QED) is 0.0196. The molecule has 1 saturated heterocycles. The molecule has 1 aliphatic rings. The van der Waals surface area contributed by atoms with Crippen molar-refractivity contribution in [3.05, 3.63) is 24.3 Å². The molecule has 8 atom stereocenters. The molecule has 8 unspecified atom stereocenters. The van der Waals surface area contributed by atoms with E-state index < -0.39 is 67.4 Å². The van der Waals surface area contributed by atoms with Crippen LogP contribution in [0.15, 0.2) is 24.3 Å². The second-order valence-corrected chi connectivity index (χ2v) is 20.4. The van der Waals surface area contributed by atoms with Crippen molar-refractivity contribution in [1.82, 2.24) is 5.32 Å². The van der Waals surface area contributed by atoms with E-state index in [0.29, 0.717) is 12.8 Å². The monoisotopic (exact) mass is 980 g/mol. The molecule has 1 heterocycles. The fraction of sp³-hybridized carbons (Fsp3) is 0.897. The summed E-state index contributed by atoms with van der Waals surface area (Å²) in [5.74, 6) is -1.20. The Hall–Kier alpha value is -1.86. The van der Waals surface area contributed by atoms with Crippen molar-refractivity contribution >= 4 is 11.9 Å². The van der Waals surface area contributed by atoms with E-state index in [1.807, 2.05) is 6.08 Å². The van der Waals surface area contributed by atoms with E-state index in [-0.39, 0.29) is 19.4 Å². The Balaban J connectivity index is 2.70. The van der Waals surface area contributed by atoms with Gasteiger partial charge in [0.1, 0.15) is 24.4 Å². The van der Waals surface area contributed by atoms with Gasteiger partial charge in [-0.1, -0.05) is 244 Å². The van der Waals surface area contributed by atoms with E-state index in [9.17, 15) is 35.1 Å². The molecule has 0 aromatic rings. The molecule has 0 radical (unpaired) electrons. The third kappa shape index (κ3) is 35.8. The number of carbonyl (C=O) groups excluding carboxylic acids is 2. The molecule has 1 rings (SSSR count). The molecule has 0 spiro atoms. The first-order valence-corrected chi connectivity index (χ1v) is 29.1. The maximum atomic E-state index is 13.3. The summed E-state index contributed by atoms with van der Waals surface area (Å²) in [6.45, 7) is 5.75. The van der Waals surface area contributed by atoms with E-state index in [1.165, 1.54) is 154 Å². The average molecular weight is 981 g/mol. The zero-order valence-electron chi connectivity index (χ0n) is 44.7. The summed E-state index contributed by atoms with van der Waals surface area (Å²) in [7, 11) is 0. The van der Waals surface area contributed by atoms with Crippen LogP contribution in [0.4, 0.5) is 0 Å². The molecule has 11 nitrogen and oxygen atoms in total. The number of rotatable bonds is 49. The summed E-state index contributed by atoms with van der Waals surface area (Å²) >= 11 is 0. The smallest absolute Gasteiger partial charge is 0.306 e. The molecule has 0 aromatic heterocycles. The van der Waals surface area contributed by atoms with Crippen LogP contribution < -0.4 is 5.32 Å². The van der Waals surface area contributed by atoms with Gasteiger partial charge in [-0.25, -0.2) is 0 Å². The number of aliphatic hydroxyl groups is 5. The van der Waals surface area contributed by atoms with Gasteiger partial charge in [0.2, 0.25) is 5.91 Å². The standard InChI is InChI=1S/C58H109NO10/c1-4-7-10-13-16-19-22-24-25-26-27-29-31-34-37-40-43-46-53(63)69-56-55(65)54(64)52(47-60)68-58(56)67-48-49(50(61)44-41-38-35-33-30-28-23-20-17-14-11-8-5-2)59-57(66)51(62)45-42-39-36-32-21-18-15-12-9-6-3/h15,18,41,44,49-52,54-56,58,60-62,64-65H,4-14,16-17,19-40,42-43,45-48H2,1-3H3,(H,59,66)/b18-15-,44-41+. The molecular weight excluding hydrogens is 871 g/mol. The molecule has 0 bridgehead atoms. The highest BCUT2D eigenvalue weighted by Gasteiger charge is 2.47. The predicted octanol–water partition coefficient (Wildman–Crippen LogP) is 12.9. The SMILES string of the molecule is CCCC/C=C\CCCCCCC(O)C(=O)NC(COC1OC(CO)C(O)C(O)C1OC(=O)CCCCCCCCCCCCCCCCCCC)C(O)/C=C/CCCCCCCCCCCCC. The summed E-state index contributed by atoms with van der Waals surface area (Å²) < 4.78 is 17.6. The minimum atomic E-state index is -1.61. The summed E-state index contributed by atoms with van der Waals surface area (Å²) in [6, 6.07) is -1.02. The molecule has 1 aliphatic heterocycles. The van der Waals surface area contributed by atoms with Crippen LogP contribution in [0.1, 0.15) is 271 Å². The van der Waals surface area contributed by atoms with Gasteiger partial charge >= 0.3 is 5.97 Å². The number of hydrogen-bond acceptors (Lipinski definition) is 10. The molecular formula is C58H109NO10. The fourth-order valence-electron chi connectivity index (χ4n) is 9.16. The van der Waals surface area contributed by atoms with Gasteiger partial charge in [0.05, 0.1) is 25.4 Å². The number of aliphatic hydroxyl groups excluding tert-OH is 5. The van der Waals surface area contributed by atoms with Gasteiger partial charge in [-0.2, -0.15) is 0 Å². The van der Waals surface area contributed by atoms with Crippen LogP contribution in [0, 0.1) is 0 Å². The molecule has 11 heteroatoms. The zero-order chi connectivity index (χ0) is 50.4. The number of hydrogen-bond donors (Lipinski definition) is 6. The first-order chi connectivity index (χ1) is 33.7. The number of carbonyl (C=O) groups is 2. The van der Waals surface area contributed by atoms with Crippen molar-refractivity contribution in [2.75, 3.05) is 13.2 Å². The highest BCUT2D eigenvalue weighted by molar-refractivity contribution is 5.80. The van der Waals surface area contributed by atoms with Gasteiger partial charge in [0, 0.05) is 6.42 Å². The van der Waals surface area contributed by atoms with Gasteiger partial charge in [-0.15, -0.1) is 0 Å². The van der Waals surface area contributed by atoms with Gasteiger partial charge < -0.3 is 45.1 Å². The van der Waals surface area contributed by atoms with Crippen LogP contribution in [0.5, 0.6) is 0 Å². The first-order valence-electron chi connectivity index (χ1n) is 29.1. The summed E-state index contributed by atoms with van der Waals surface area (Å²) in [5.41, 5.74) is 0. The van der Waals surface area contributed by atoms with Crippen molar-refractivity contribution in [2.45, 2.75) is 320 Å². The van der Waals surface area contributed by atoms with E-state index in [2.05, 4.69) is 38.2 Å². The Labute approximate surface area is 422 Å². The highest BCUT2D eigenvalue weighted by atomic mass is 16.7.